The smallest absolute Gasteiger partial charge is 0.235 e. The van der Waals surface area contributed by atoms with Crippen LogP contribution < -0.4 is 5.32 Å². The Balaban J connectivity index is 2.19. The van der Waals surface area contributed by atoms with Gasteiger partial charge in [0, 0.05) is 18.4 Å². The maximum Gasteiger partial charge on any atom is 0.235 e. The minimum atomic E-state index is -3.13. The molecule has 1 atom stereocenters. The van der Waals surface area contributed by atoms with Crippen molar-refractivity contribution in [3.8, 4) is 0 Å². The lowest BCUT2D eigenvalue weighted by Crippen LogP contribution is -2.26. The molecule has 4 nitrogen and oxygen atoms in total. The summed E-state index contributed by atoms with van der Waals surface area (Å²) in [6.07, 6.45) is 8.04. The molecule has 0 amide bonds. The zero-order chi connectivity index (χ0) is 10.9. The molecule has 1 unspecified atom stereocenters. The monoisotopic (exact) mass is 228 g/mol. The second kappa shape index (κ2) is 3.98. The highest BCUT2D eigenvalue weighted by Crippen LogP contribution is 2.23. The van der Waals surface area contributed by atoms with E-state index in [9.17, 15) is 8.42 Å². The number of aromatic nitrogens is 1. The molecule has 1 N–H and O–H groups in total. The Hall–Kier alpha value is -0.810. The Kier molecular flexibility index (Phi) is 2.84. The zero-order valence-corrected chi connectivity index (χ0v) is 9.63. The number of nitrogens with one attached hydrogen (secondary N) is 1. The molecule has 1 aromatic heterocycles. The Morgan fingerprint density at radius 3 is 2.80 bits per heavy atom. The van der Waals surface area contributed by atoms with Crippen molar-refractivity contribution in [2.45, 2.75) is 25.3 Å². The van der Waals surface area contributed by atoms with E-state index in [-0.39, 0.29) is 0 Å². The van der Waals surface area contributed by atoms with Gasteiger partial charge in [-0.15, -0.1) is 0 Å². The van der Waals surface area contributed by atoms with Crippen molar-refractivity contribution < 1.29 is 8.42 Å². The van der Waals surface area contributed by atoms with E-state index < -0.39 is 10.0 Å². The molecule has 0 saturated carbocycles. The summed E-state index contributed by atoms with van der Waals surface area (Å²) in [6.45, 7) is 1.02. The van der Waals surface area contributed by atoms with Crippen LogP contribution in [0.5, 0.6) is 0 Å². The standard InChI is InChI=1S/C10H16N2O2S/c1-15(13,14)12-7-5-9(8-12)10-4-2-3-6-11-10/h5,7-8,10-11H,2-4,6H2,1H3. The highest BCUT2D eigenvalue weighted by atomic mass is 32.2. The van der Waals surface area contributed by atoms with Gasteiger partial charge in [0.25, 0.3) is 0 Å². The van der Waals surface area contributed by atoms with Gasteiger partial charge < -0.3 is 5.32 Å². The van der Waals surface area contributed by atoms with E-state index in [0.717, 1.165) is 18.5 Å². The Morgan fingerprint density at radius 1 is 1.47 bits per heavy atom. The second-order valence-electron chi connectivity index (χ2n) is 4.04. The third-order valence-electron chi connectivity index (χ3n) is 2.79. The van der Waals surface area contributed by atoms with E-state index in [0.29, 0.717) is 6.04 Å². The number of hydrogen-bond donors (Lipinski definition) is 1. The van der Waals surface area contributed by atoms with E-state index >= 15 is 0 Å². The van der Waals surface area contributed by atoms with E-state index in [1.54, 1.807) is 12.4 Å². The molecule has 1 saturated heterocycles. The van der Waals surface area contributed by atoms with Crippen LogP contribution >= 0.6 is 0 Å². The topological polar surface area (TPSA) is 51.1 Å². The van der Waals surface area contributed by atoms with Gasteiger partial charge in [-0.2, -0.15) is 0 Å². The first-order valence-corrected chi connectivity index (χ1v) is 7.04. The van der Waals surface area contributed by atoms with E-state index in [4.69, 9.17) is 0 Å². The number of nitrogens with zero attached hydrogens (tertiary/aromatic N) is 1. The maximum absolute atomic E-state index is 11.3. The largest absolute Gasteiger partial charge is 0.310 e. The molecule has 15 heavy (non-hydrogen) atoms. The summed E-state index contributed by atoms with van der Waals surface area (Å²) in [6, 6.07) is 2.20. The fourth-order valence-electron chi connectivity index (χ4n) is 1.94. The first-order valence-electron chi connectivity index (χ1n) is 5.19. The van der Waals surface area contributed by atoms with Crippen molar-refractivity contribution >= 4 is 10.0 Å². The summed E-state index contributed by atoms with van der Waals surface area (Å²) in [5, 5.41) is 3.39. The second-order valence-corrected chi connectivity index (χ2v) is 5.93. The van der Waals surface area contributed by atoms with Crippen molar-refractivity contribution in [1.29, 1.82) is 0 Å². The third kappa shape index (κ3) is 2.41. The normalized spacial score (nSPS) is 22.9. The molecular formula is C10H16N2O2S. The average Bonchev–Trinajstić information content (AvgIpc) is 2.67. The lowest BCUT2D eigenvalue weighted by Gasteiger charge is -2.22. The molecule has 2 heterocycles. The summed E-state index contributed by atoms with van der Waals surface area (Å²) >= 11 is 0. The van der Waals surface area contributed by atoms with Gasteiger partial charge in [-0.3, -0.25) is 3.97 Å². The quantitative estimate of drug-likeness (QED) is 0.825. The van der Waals surface area contributed by atoms with Gasteiger partial charge in [-0.1, -0.05) is 6.42 Å². The Morgan fingerprint density at radius 2 is 2.27 bits per heavy atom. The van der Waals surface area contributed by atoms with Crippen LogP contribution in [0.3, 0.4) is 0 Å². The van der Waals surface area contributed by atoms with Crippen LogP contribution in [0.15, 0.2) is 18.5 Å². The molecule has 0 spiro atoms. The molecule has 1 aliphatic rings. The van der Waals surface area contributed by atoms with Gasteiger partial charge in [-0.05, 0) is 31.0 Å². The summed E-state index contributed by atoms with van der Waals surface area (Å²) < 4.78 is 23.8. The molecule has 0 aromatic carbocycles. The lowest BCUT2D eigenvalue weighted by molar-refractivity contribution is 0.412. The van der Waals surface area contributed by atoms with Crippen molar-refractivity contribution in [2.75, 3.05) is 12.8 Å². The van der Waals surface area contributed by atoms with Gasteiger partial charge >= 0.3 is 0 Å². The zero-order valence-electron chi connectivity index (χ0n) is 8.81. The van der Waals surface area contributed by atoms with Crippen LogP contribution in [-0.2, 0) is 10.0 Å². The summed E-state index contributed by atoms with van der Waals surface area (Å²) in [4.78, 5) is 0. The van der Waals surface area contributed by atoms with E-state index in [1.807, 2.05) is 6.07 Å². The molecule has 84 valence electrons. The van der Waals surface area contributed by atoms with Crippen LogP contribution in [-0.4, -0.2) is 25.2 Å². The van der Waals surface area contributed by atoms with Crippen LogP contribution in [0.4, 0.5) is 0 Å². The summed E-state index contributed by atoms with van der Waals surface area (Å²) in [5.41, 5.74) is 1.07. The highest BCUT2D eigenvalue weighted by Gasteiger charge is 2.16. The molecule has 0 aliphatic carbocycles. The molecule has 5 heteroatoms. The van der Waals surface area contributed by atoms with Crippen molar-refractivity contribution in [2.24, 2.45) is 0 Å². The van der Waals surface area contributed by atoms with Gasteiger partial charge in [0.15, 0.2) is 0 Å². The van der Waals surface area contributed by atoms with Crippen molar-refractivity contribution in [3.05, 3.63) is 24.0 Å². The van der Waals surface area contributed by atoms with E-state index in [1.165, 1.54) is 23.1 Å². The number of hydrogen-bond acceptors (Lipinski definition) is 3. The maximum atomic E-state index is 11.3. The van der Waals surface area contributed by atoms with E-state index in [2.05, 4.69) is 5.32 Å². The number of rotatable bonds is 2. The SMILES string of the molecule is CS(=O)(=O)n1ccc(C2CCCCN2)c1. The highest BCUT2D eigenvalue weighted by molar-refractivity contribution is 7.89. The van der Waals surface area contributed by atoms with Crippen LogP contribution in [0.2, 0.25) is 0 Å². The fourth-order valence-corrected chi connectivity index (χ4v) is 2.54. The van der Waals surface area contributed by atoms with Crippen molar-refractivity contribution in [3.63, 3.8) is 0 Å². The summed E-state index contributed by atoms with van der Waals surface area (Å²) in [5.74, 6) is 0. The van der Waals surface area contributed by atoms with Crippen LogP contribution in [0, 0.1) is 0 Å². The van der Waals surface area contributed by atoms with Crippen molar-refractivity contribution in [1.82, 2.24) is 9.29 Å². The first kappa shape index (κ1) is 10.7. The average molecular weight is 228 g/mol. The molecule has 0 bridgehead atoms. The Labute approximate surface area is 90.3 Å². The lowest BCUT2D eigenvalue weighted by atomic mass is 10.0. The first-order chi connectivity index (χ1) is 7.07. The van der Waals surface area contributed by atoms with Gasteiger partial charge in [0.05, 0.1) is 6.26 Å². The molecule has 1 aromatic rings. The van der Waals surface area contributed by atoms with Crippen LogP contribution in [0.1, 0.15) is 30.9 Å². The molecular weight excluding hydrogens is 212 g/mol. The molecule has 1 fully saturated rings. The molecule has 1 aliphatic heterocycles. The predicted molar refractivity (Wildman–Crippen MR) is 59.3 cm³/mol. The Bertz CT molecular complexity index is 430. The van der Waals surface area contributed by atoms with Gasteiger partial charge in [0.1, 0.15) is 0 Å². The minimum Gasteiger partial charge on any atom is -0.310 e. The molecule has 0 radical (unpaired) electrons. The minimum absolute atomic E-state index is 0.321. The van der Waals surface area contributed by atoms with Gasteiger partial charge in [-0.25, -0.2) is 8.42 Å². The van der Waals surface area contributed by atoms with Crippen LogP contribution in [0.25, 0.3) is 0 Å². The van der Waals surface area contributed by atoms with Gasteiger partial charge in [0.2, 0.25) is 10.0 Å². The third-order valence-corrected chi connectivity index (χ3v) is 3.78. The fraction of sp³-hybridized carbons (Fsp3) is 0.600. The predicted octanol–water partition coefficient (Wildman–Crippen LogP) is 1.11. The molecule has 2 rings (SSSR count). The summed E-state index contributed by atoms with van der Waals surface area (Å²) in [7, 11) is -3.13. The number of piperidine rings is 1.